The van der Waals surface area contributed by atoms with Gasteiger partial charge < -0.3 is 4.74 Å². The van der Waals surface area contributed by atoms with Crippen LogP contribution in [-0.2, 0) is 9.53 Å². The molecule has 2 nitrogen and oxygen atoms in total. The number of carbonyl (C=O) groups is 1. The highest BCUT2D eigenvalue weighted by atomic mass is 35.5. The van der Waals surface area contributed by atoms with Crippen LogP contribution in [0.5, 0.6) is 0 Å². The molecule has 0 atom stereocenters. The molecule has 0 aromatic heterocycles. The lowest BCUT2D eigenvalue weighted by Crippen LogP contribution is -2.07. The lowest BCUT2D eigenvalue weighted by Gasteiger charge is -2.06. The van der Waals surface area contributed by atoms with Gasteiger partial charge in [-0.25, -0.2) is 4.79 Å². The summed E-state index contributed by atoms with van der Waals surface area (Å²) in [6, 6.07) is 6.07. The first-order valence-corrected chi connectivity index (χ1v) is 5.30. The number of hydrogen-bond donors (Lipinski definition) is 0. The van der Waals surface area contributed by atoms with Crippen molar-refractivity contribution in [2.24, 2.45) is 0 Å². The fourth-order valence-electron chi connectivity index (χ4n) is 1.12. The van der Waals surface area contributed by atoms with Crippen molar-refractivity contribution in [2.75, 3.05) is 6.61 Å². The zero-order valence-electron chi connectivity index (χ0n) is 8.47. The zero-order valence-corrected chi connectivity index (χ0v) is 9.98. The van der Waals surface area contributed by atoms with E-state index in [4.69, 9.17) is 27.9 Å². The van der Waals surface area contributed by atoms with Crippen LogP contribution in [0.3, 0.4) is 0 Å². The number of halogens is 3. The number of benzene rings is 1. The molecule has 1 aromatic rings. The number of ether oxygens (including phenoxy) is 1. The molecule has 1 rings (SSSR count). The Morgan fingerprint density at radius 1 is 1.38 bits per heavy atom. The van der Waals surface area contributed by atoms with Crippen LogP contribution in [0.2, 0.25) is 5.02 Å². The minimum Gasteiger partial charge on any atom is -0.462 e. The summed E-state index contributed by atoms with van der Waals surface area (Å²) < 4.78 is 17.7. The second kappa shape index (κ2) is 5.87. The quantitative estimate of drug-likeness (QED) is 0.612. The van der Waals surface area contributed by atoms with E-state index in [1.165, 1.54) is 24.3 Å². The SMILES string of the molecule is CCOC(=O)/C(=C(/F)Cl)c1ccc(Cl)cc1. The Morgan fingerprint density at radius 3 is 2.38 bits per heavy atom. The molecule has 0 unspecified atom stereocenters. The van der Waals surface area contributed by atoms with Crippen molar-refractivity contribution in [3.05, 3.63) is 40.1 Å². The summed E-state index contributed by atoms with van der Waals surface area (Å²) >= 11 is 10.9. The fraction of sp³-hybridized carbons (Fsp3) is 0.182. The molecule has 0 heterocycles. The van der Waals surface area contributed by atoms with Crippen molar-refractivity contribution >= 4 is 34.7 Å². The van der Waals surface area contributed by atoms with Crippen molar-refractivity contribution in [3.63, 3.8) is 0 Å². The molecule has 0 amide bonds. The monoisotopic (exact) mass is 262 g/mol. The molecular weight excluding hydrogens is 254 g/mol. The van der Waals surface area contributed by atoms with Crippen molar-refractivity contribution in [2.45, 2.75) is 6.92 Å². The van der Waals surface area contributed by atoms with Gasteiger partial charge in [-0.2, -0.15) is 4.39 Å². The number of rotatable bonds is 3. The van der Waals surface area contributed by atoms with Crippen molar-refractivity contribution in [1.82, 2.24) is 0 Å². The van der Waals surface area contributed by atoms with Gasteiger partial charge in [0.05, 0.1) is 6.61 Å². The Hall–Kier alpha value is -1.06. The number of carbonyl (C=O) groups excluding carboxylic acids is 1. The molecule has 0 fully saturated rings. The van der Waals surface area contributed by atoms with E-state index in [2.05, 4.69) is 0 Å². The first kappa shape index (κ1) is 13.0. The van der Waals surface area contributed by atoms with Crippen LogP contribution in [0.4, 0.5) is 4.39 Å². The molecule has 0 aliphatic carbocycles. The van der Waals surface area contributed by atoms with Crippen LogP contribution < -0.4 is 0 Å². The van der Waals surface area contributed by atoms with Crippen LogP contribution in [0, 0.1) is 0 Å². The van der Waals surface area contributed by atoms with Crippen LogP contribution in [0.1, 0.15) is 12.5 Å². The topological polar surface area (TPSA) is 26.3 Å². The smallest absolute Gasteiger partial charge is 0.342 e. The van der Waals surface area contributed by atoms with Crippen LogP contribution >= 0.6 is 23.2 Å². The van der Waals surface area contributed by atoms with Crippen LogP contribution in [0.15, 0.2) is 29.6 Å². The molecule has 0 aliphatic heterocycles. The van der Waals surface area contributed by atoms with E-state index in [1.807, 2.05) is 0 Å². The molecule has 0 N–H and O–H groups in total. The molecule has 0 saturated heterocycles. The van der Waals surface area contributed by atoms with E-state index in [9.17, 15) is 9.18 Å². The Bertz CT molecular complexity index is 408. The Labute approximate surface area is 103 Å². The highest BCUT2D eigenvalue weighted by Gasteiger charge is 2.18. The molecule has 0 spiro atoms. The Morgan fingerprint density at radius 2 is 1.94 bits per heavy atom. The molecule has 16 heavy (non-hydrogen) atoms. The van der Waals surface area contributed by atoms with Gasteiger partial charge in [-0.05, 0) is 24.6 Å². The molecule has 0 aliphatic rings. The van der Waals surface area contributed by atoms with E-state index in [-0.39, 0.29) is 12.2 Å². The number of esters is 1. The minimum absolute atomic E-state index is 0.153. The maximum Gasteiger partial charge on any atom is 0.342 e. The molecule has 0 radical (unpaired) electrons. The van der Waals surface area contributed by atoms with Crippen molar-refractivity contribution in [3.8, 4) is 0 Å². The fourth-order valence-corrected chi connectivity index (χ4v) is 1.44. The van der Waals surface area contributed by atoms with Gasteiger partial charge in [-0.1, -0.05) is 35.3 Å². The van der Waals surface area contributed by atoms with Crippen LogP contribution in [-0.4, -0.2) is 12.6 Å². The molecule has 0 saturated carbocycles. The average Bonchev–Trinajstić information content (AvgIpc) is 2.21. The summed E-state index contributed by atoms with van der Waals surface area (Å²) in [5.74, 6) is -0.794. The lowest BCUT2D eigenvalue weighted by molar-refractivity contribution is -0.136. The third-order valence-electron chi connectivity index (χ3n) is 1.80. The van der Waals surface area contributed by atoms with Crippen LogP contribution in [0.25, 0.3) is 5.57 Å². The molecule has 86 valence electrons. The van der Waals surface area contributed by atoms with Gasteiger partial charge in [0, 0.05) is 5.02 Å². The summed E-state index contributed by atoms with van der Waals surface area (Å²) in [7, 11) is 0. The number of hydrogen-bond acceptors (Lipinski definition) is 2. The molecule has 5 heteroatoms. The maximum absolute atomic E-state index is 13.0. The highest BCUT2D eigenvalue weighted by Crippen LogP contribution is 2.25. The summed E-state index contributed by atoms with van der Waals surface area (Å²) in [5, 5.41) is -0.609. The first-order valence-electron chi connectivity index (χ1n) is 4.54. The van der Waals surface area contributed by atoms with Gasteiger partial charge in [-0.3, -0.25) is 0 Å². The van der Waals surface area contributed by atoms with Gasteiger partial charge in [0.1, 0.15) is 5.57 Å². The second-order valence-electron chi connectivity index (χ2n) is 2.86. The van der Waals surface area contributed by atoms with Gasteiger partial charge in [0.15, 0.2) is 0 Å². The lowest BCUT2D eigenvalue weighted by atomic mass is 10.1. The van der Waals surface area contributed by atoms with E-state index < -0.39 is 11.3 Å². The predicted molar refractivity (Wildman–Crippen MR) is 62.0 cm³/mol. The third-order valence-corrected chi connectivity index (χ3v) is 2.24. The van der Waals surface area contributed by atoms with Gasteiger partial charge in [-0.15, -0.1) is 0 Å². The Balaban J connectivity index is 3.10. The Kier molecular flexibility index (Phi) is 4.77. The third kappa shape index (κ3) is 3.22. The molecular formula is C11H9Cl2FO2. The van der Waals surface area contributed by atoms with Crippen molar-refractivity contribution < 1.29 is 13.9 Å². The van der Waals surface area contributed by atoms with E-state index in [0.717, 1.165) is 0 Å². The van der Waals surface area contributed by atoms with Crippen molar-refractivity contribution in [1.29, 1.82) is 0 Å². The first-order chi connectivity index (χ1) is 7.56. The largest absolute Gasteiger partial charge is 0.462 e. The highest BCUT2D eigenvalue weighted by molar-refractivity contribution is 6.37. The summed E-state index contributed by atoms with van der Waals surface area (Å²) in [6.07, 6.45) is 0. The maximum atomic E-state index is 13.0. The predicted octanol–water partition coefficient (Wildman–Crippen LogP) is 3.78. The van der Waals surface area contributed by atoms with Gasteiger partial charge in [0.2, 0.25) is 5.29 Å². The van der Waals surface area contributed by atoms with E-state index in [0.29, 0.717) is 10.6 Å². The molecule has 1 aromatic carbocycles. The van der Waals surface area contributed by atoms with Gasteiger partial charge in [0.25, 0.3) is 0 Å². The summed E-state index contributed by atoms with van der Waals surface area (Å²) in [6.45, 7) is 1.78. The minimum atomic E-state index is -1.10. The van der Waals surface area contributed by atoms with E-state index >= 15 is 0 Å². The molecule has 0 bridgehead atoms. The van der Waals surface area contributed by atoms with Gasteiger partial charge >= 0.3 is 5.97 Å². The average molecular weight is 263 g/mol. The zero-order chi connectivity index (χ0) is 12.1. The normalized spacial score (nSPS) is 12.0. The summed E-state index contributed by atoms with van der Waals surface area (Å²) in [4.78, 5) is 11.4. The second-order valence-corrected chi connectivity index (χ2v) is 3.63. The standard InChI is InChI=1S/C11H9Cl2FO2/c1-2-16-11(15)9(10(13)14)7-3-5-8(12)6-4-7/h3-6H,2H2,1H3/b10-9+. The van der Waals surface area contributed by atoms with E-state index in [1.54, 1.807) is 6.92 Å². The summed E-state index contributed by atoms with van der Waals surface area (Å²) in [5.41, 5.74) is 0.0375.